The number of hydrogen-bond donors (Lipinski definition) is 1. The number of carbonyl (C=O) groups is 1. The maximum Gasteiger partial charge on any atom is 0.253 e. The quantitative estimate of drug-likeness (QED) is 0.863. The van der Waals surface area contributed by atoms with Crippen molar-refractivity contribution in [3.05, 3.63) is 42.1 Å². The number of rotatable bonds is 1. The Balaban J connectivity index is 0.00000133. The monoisotopic (exact) mass is 277 g/mol. The zero-order chi connectivity index (χ0) is 12.4. The van der Waals surface area contributed by atoms with Gasteiger partial charge in [-0.05, 0) is 24.3 Å². The summed E-state index contributed by atoms with van der Waals surface area (Å²) >= 11 is 0. The third-order valence-electron chi connectivity index (χ3n) is 3.25. The molecule has 1 saturated heterocycles. The second-order valence-electron chi connectivity index (χ2n) is 4.45. The summed E-state index contributed by atoms with van der Waals surface area (Å²) in [6.45, 7) is 3.32. The number of amides is 1. The molecule has 1 amide bonds. The van der Waals surface area contributed by atoms with Crippen molar-refractivity contribution in [2.75, 3.05) is 26.2 Å². The van der Waals surface area contributed by atoms with Crippen molar-refractivity contribution in [1.29, 1.82) is 0 Å². The number of halogens is 1. The summed E-state index contributed by atoms with van der Waals surface area (Å²) in [5.41, 5.74) is 1.67. The normalized spacial score (nSPS) is 15.1. The summed E-state index contributed by atoms with van der Waals surface area (Å²) < 4.78 is 0. The molecule has 1 N–H and O–H groups in total. The van der Waals surface area contributed by atoms with Crippen LogP contribution < -0.4 is 5.32 Å². The molecule has 0 spiro atoms. The third-order valence-corrected chi connectivity index (χ3v) is 3.25. The second-order valence-corrected chi connectivity index (χ2v) is 4.45. The van der Waals surface area contributed by atoms with Gasteiger partial charge >= 0.3 is 0 Å². The van der Waals surface area contributed by atoms with Crippen LogP contribution >= 0.6 is 12.4 Å². The van der Waals surface area contributed by atoms with Gasteiger partial charge in [-0.25, -0.2) is 0 Å². The molecular weight excluding hydrogens is 262 g/mol. The Kier molecular flexibility index (Phi) is 4.35. The van der Waals surface area contributed by atoms with Gasteiger partial charge in [0.2, 0.25) is 0 Å². The Bertz CT molecular complexity index is 582. The average molecular weight is 278 g/mol. The summed E-state index contributed by atoms with van der Waals surface area (Å²) in [5.74, 6) is 0.113. The molecule has 1 aliphatic heterocycles. The summed E-state index contributed by atoms with van der Waals surface area (Å²) in [7, 11) is 0. The van der Waals surface area contributed by atoms with Crippen molar-refractivity contribution in [2.45, 2.75) is 0 Å². The number of benzene rings is 1. The van der Waals surface area contributed by atoms with Gasteiger partial charge in [0.15, 0.2) is 0 Å². The zero-order valence-electron chi connectivity index (χ0n) is 10.5. The van der Waals surface area contributed by atoms with E-state index in [9.17, 15) is 4.79 Å². The van der Waals surface area contributed by atoms with Crippen LogP contribution in [0.15, 0.2) is 36.5 Å². The molecule has 100 valence electrons. The lowest BCUT2D eigenvalue weighted by Gasteiger charge is -2.27. The highest BCUT2D eigenvalue weighted by Gasteiger charge is 2.17. The van der Waals surface area contributed by atoms with E-state index in [1.165, 1.54) is 0 Å². The van der Waals surface area contributed by atoms with Gasteiger partial charge in [0.05, 0.1) is 5.52 Å². The van der Waals surface area contributed by atoms with Gasteiger partial charge in [-0.2, -0.15) is 0 Å². The molecule has 0 bridgehead atoms. The minimum Gasteiger partial charge on any atom is -0.336 e. The molecule has 1 aromatic heterocycles. The Morgan fingerprint density at radius 1 is 1.21 bits per heavy atom. The van der Waals surface area contributed by atoms with Gasteiger partial charge in [0, 0.05) is 43.3 Å². The average Bonchev–Trinajstić information content (AvgIpc) is 2.47. The van der Waals surface area contributed by atoms with Gasteiger partial charge in [-0.15, -0.1) is 12.4 Å². The second kappa shape index (κ2) is 5.99. The Morgan fingerprint density at radius 2 is 2.00 bits per heavy atom. The fraction of sp³-hybridized carbons (Fsp3) is 0.286. The van der Waals surface area contributed by atoms with Crippen LogP contribution in [0, 0.1) is 0 Å². The summed E-state index contributed by atoms with van der Waals surface area (Å²) in [4.78, 5) is 18.5. The molecule has 1 aliphatic rings. The molecule has 0 saturated carbocycles. The topological polar surface area (TPSA) is 45.2 Å². The van der Waals surface area contributed by atoms with Crippen LogP contribution in [0.2, 0.25) is 0 Å². The number of carbonyl (C=O) groups excluding carboxylic acids is 1. The summed E-state index contributed by atoms with van der Waals surface area (Å²) in [6, 6.07) is 9.56. The molecule has 1 fully saturated rings. The molecule has 19 heavy (non-hydrogen) atoms. The van der Waals surface area contributed by atoms with Crippen LogP contribution in [-0.4, -0.2) is 42.0 Å². The van der Waals surface area contributed by atoms with E-state index in [1.807, 2.05) is 35.2 Å². The zero-order valence-corrected chi connectivity index (χ0v) is 11.3. The number of nitrogens with zero attached hydrogens (tertiary/aromatic N) is 2. The SMILES string of the molecule is Cl.O=C(c1ccc2ncccc2c1)N1CCNCC1. The van der Waals surface area contributed by atoms with E-state index in [1.54, 1.807) is 6.20 Å². The number of hydrogen-bond acceptors (Lipinski definition) is 3. The van der Waals surface area contributed by atoms with Crippen molar-refractivity contribution in [3.63, 3.8) is 0 Å². The Hall–Kier alpha value is -1.65. The first-order valence-electron chi connectivity index (χ1n) is 6.19. The van der Waals surface area contributed by atoms with Crippen molar-refractivity contribution >= 4 is 29.2 Å². The highest BCUT2D eigenvalue weighted by atomic mass is 35.5. The molecule has 0 radical (unpaired) electrons. The lowest BCUT2D eigenvalue weighted by atomic mass is 10.1. The first kappa shape index (κ1) is 13.8. The predicted molar refractivity (Wildman–Crippen MR) is 77.8 cm³/mol. The minimum atomic E-state index is 0. The highest BCUT2D eigenvalue weighted by Crippen LogP contribution is 2.15. The predicted octanol–water partition coefficient (Wildman–Crippen LogP) is 1.70. The van der Waals surface area contributed by atoms with Crippen LogP contribution in [0.3, 0.4) is 0 Å². The molecular formula is C14H16ClN3O. The van der Waals surface area contributed by atoms with Gasteiger partial charge in [0.1, 0.15) is 0 Å². The lowest BCUT2D eigenvalue weighted by Crippen LogP contribution is -2.46. The van der Waals surface area contributed by atoms with Crippen molar-refractivity contribution < 1.29 is 4.79 Å². The van der Waals surface area contributed by atoms with E-state index < -0.39 is 0 Å². The molecule has 5 heteroatoms. The number of pyridine rings is 1. The molecule has 2 aromatic rings. The minimum absolute atomic E-state index is 0. The third kappa shape index (κ3) is 2.85. The Morgan fingerprint density at radius 3 is 2.79 bits per heavy atom. The van der Waals surface area contributed by atoms with E-state index >= 15 is 0 Å². The molecule has 4 nitrogen and oxygen atoms in total. The van der Waals surface area contributed by atoms with E-state index in [0.29, 0.717) is 0 Å². The number of fused-ring (bicyclic) bond motifs is 1. The first-order valence-corrected chi connectivity index (χ1v) is 6.19. The maximum absolute atomic E-state index is 12.3. The molecule has 0 atom stereocenters. The van der Waals surface area contributed by atoms with Crippen LogP contribution in [0.1, 0.15) is 10.4 Å². The molecule has 2 heterocycles. The first-order chi connectivity index (χ1) is 8.84. The fourth-order valence-electron chi connectivity index (χ4n) is 2.26. The van der Waals surface area contributed by atoms with E-state index in [2.05, 4.69) is 10.3 Å². The van der Waals surface area contributed by atoms with Gasteiger partial charge in [-0.3, -0.25) is 9.78 Å². The van der Waals surface area contributed by atoms with Crippen molar-refractivity contribution in [1.82, 2.24) is 15.2 Å². The maximum atomic E-state index is 12.3. The standard InChI is InChI=1S/C14H15N3O.ClH/c18-14(17-8-6-15-7-9-17)12-3-4-13-11(10-12)2-1-5-16-13;/h1-5,10,15H,6-9H2;1H. The van der Waals surface area contributed by atoms with E-state index in [-0.39, 0.29) is 18.3 Å². The summed E-state index contributed by atoms with van der Waals surface area (Å²) in [5, 5.41) is 4.26. The van der Waals surface area contributed by atoms with Crippen LogP contribution in [0.4, 0.5) is 0 Å². The number of piperazine rings is 1. The lowest BCUT2D eigenvalue weighted by molar-refractivity contribution is 0.0736. The fourth-order valence-corrected chi connectivity index (χ4v) is 2.26. The van der Waals surface area contributed by atoms with Gasteiger partial charge in [-0.1, -0.05) is 6.07 Å². The largest absolute Gasteiger partial charge is 0.336 e. The number of aromatic nitrogens is 1. The van der Waals surface area contributed by atoms with Crippen molar-refractivity contribution in [3.8, 4) is 0 Å². The van der Waals surface area contributed by atoms with Gasteiger partial charge < -0.3 is 10.2 Å². The molecule has 0 unspecified atom stereocenters. The van der Waals surface area contributed by atoms with Crippen LogP contribution in [0.5, 0.6) is 0 Å². The van der Waals surface area contributed by atoms with Crippen molar-refractivity contribution in [2.24, 2.45) is 0 Å². The van der Waals surface area contributed by atoms with E-state index in [0.717, 1.165) is 42.6 Å². The molecule has 1 aromatic carbocycles. The van der Waals surface area contributed by atoms with Gasteiger partial charge in [0.25, 0.3) is 5.91 Å². The highest BCUT2D eigenvalue weighted by molar-refractivity contribution is 5.98. The summed E-state index contributed by atoms with van der Waals surface area (Å²) in [6.07, 6.45) is 1.76. The number of nitrogens with one attached hydrogen (secondary N) is 1. The molecule has 3 rings (SSSR count). The molecule has 0 aliphatic carbocycles. The Labute approximate surface area is 118 Å². The van der Waals surface area contributed by atoms with E-state index in [4.69, 9.17) is 0 Å². The van der Waals surface area contributed by atoms with Crippen LogP contribution in [0.25, 0.3) is 10.9 Å². The van der Waals surface area contributed by atoms with Crippen LogP contribution in [-0.2, 0) is 0 Å². The smallest absolute Gasteiger partial charge is 0.253 e.